The third kappa shape index (κ3) is 7.18. The zero-order chi connectivity index (χ0) is 29.4. The van der Waals surface area contributed by atoms with Gasteiger partial charge in [-0.3, -0.25) is 13.9 Å². The summed E-state index contributed by atoms with van der Waals surface area (Å²) in [7, 11) is -1.34. The number of likely N-dealkylation sites (N-methyl/N-ethyl adjacent to an activating group) is 1. The van der Waals surface area contributed by atoms with Crippen molar-refractivity contribution < 1.29 is 27.5 Å². The summed E-state index contributed by atoms with van der Waals surface area (Å²) in [5.74, 6) is -0.358. The fourth-order valence-corrected chi connectivity index (χ4v) is 5.86. The molecule has 3 rings (SSSR count). The molecule has 0 radical (unpaired) electrons. The van der Waals surface area contributed by atoms with E-state index in [1.54, 1.807) is 50.2 Å². The number of halogens is 2. The molecule has 0 heterocycles. The maximum absolute atomic E-state index is 13.9. The average Bonchev–Trinajstić information content (AvgIpc) is 2.95. The van der Waals surface area contributed by atoms with Crippen molar-refractivity contribution in [3.8, 4) is 11.5 Å². The third-order valence-electron chi connectivity index (χ3n) is 6.14. The van der Waals surface area contributed by atoms with Crippen molar-refractivity contribution in [2.45, 2.75) is 31.3 Å². The Hall–Kier alpha value is -3.47. The molecule has 3 aromatic carbocycles. The Morgan fingerprint density at radius 2 is 1.62 bits per heavy atom. The Kier molecular flexibility index (Phi) is 10.7. The first kappa shape index (κ1) is 31.1. The van der Waals surface area contributed by atoms with Gasteiger partial charge in [0.15, 0.2) is 11.5 Å². The maximum Gasteiger partial charge on any atom is 0.264 e. The first-order chi connectivity index (χ1) is 19.0. The fraction of sp³-hybridized carbons (Fsp3) is 0.286. The van der Waals surface area contributed by atoms with E-state index < -0.39 is 34.4 Å². The molecule has 2 amide bonds. The van der Waals surface area contributed by atoms with E-state index in [9.17, 15) is 18.0 Å². The lowest BCUT2D eigenvalue weighted by molar-refractivity contribution is -0.139. The summed E-state index contributed by atoms with van der Waals surface area (Å²) in [6, 6.07) is 16.2. The summed E-state index contributed by atoms with van der Waals surface area (Å²) in [5, 5.41) is 3.43. The highest BCUT2D eigenvalue weighted by atomic mass is 35.5. The van der Waals surface area contributed by atoms with Crippen molar-refractivity contribution in [3.05, 3.63) is 82.3 Å². The number of ether oxygens (including phenoxy) is 2. The summed E-state index contributed by atoms with van der Waals surface area (Å²) in [6.07, 6.45) is 0. The normalized spacial score (nSPS) is 11.8. The van der Waals surface area contributed by atoms with Gasteiger partial charge in [-0.15, -0.1) is 0 Å². The Balaban J connectivity index is 2.09. The molecule has 0 aliphatic rings. The highest BCUT2D eigenvalue weighted by Crippen LogP contribution is 2.34. The first-order valence-electron chi connectivity index (χ1n) is 12.3. The summed E-state index contributed by atoms with van der Waals surface area (Å²) in [4.78, 5) is 28.0. The monoisotopic (exact) mass is 607 g/mol. The Morgan fingerprint density at radius 1 is 0.950 bits per heavy atom. The van der Waals surface area contributed by atoms with Crippen LogP contribution in [0.5, 0.6) is 11.5 Å². The number of methoxy groups -OCH3 is 2. The number of sulfonamides is 1. The summed E-state index contributed by atoms with van der Waals surface area (Å²) in [6.45, 7) is 3.02. The second-order valence-corrected chi connectivity index (χ2v) is 11.4. The van der Waals surface area contributed by atoms with Crippen LogP contribution < -0.4 is 19.1 Å². The standard InChI is InChI=1S/C28H31Cl2N3O6S/c1-5-31-28(35)19(2)32(17-20-11-12-21(29)15-24(20)30)27(34)18-33(40(36,37)23-9-7-6-8-10-23)22-13-14-25(38-3)26(16-22)39-4/h6-16,19H,5,17-18H2,1-4H3,(H,31,35)/t19-/m0/s1. The van der Waals surface area contributed by atoms with Crippen LogP contribution in [0.1, 0.15) is 19.4 Å². The number of hydrogen-bond donors (Lipinski definition) is 1. The fourth-order valence-electron chi connectivity index (χ4n) is 3.97. The molecule has 12 heteroatoms. The molecule has 0 unspecified atom stereocenters. The van der Waals surface area contributed by atoms with E-state index in [4.69, 9.17) is 32.7 Å². The van der Waals surface area contributed by atoms with Gasteiger partial charge in [0.05, 0.1) is 24.8 Å². The number of amides is 2. The van der Waals surface area contributed by atoms with Gasteiger partial charge >= 0.3 is 0 Å². The second kappa shape index (κ2) is 13.7. The van der Waals surface area contributed by atoms with Crippen LogP contribution in [0.3, 0.4) is 0 Å². The molecule has 0 spiro atoms. The van der Waals surface area contributed by atoms with Crippen LogP contribution in [-0.2, 0) is 26.2 Å². The van der Waals surface area contributed by atoms with E-state index in [1.807, 2.05) is 0 Å². The number of nitrogens with one attached hydrogen (secondary N) is 1. The van der Waals surface area contributed by atoms with Crippen molar-refractivity contribution in [1.29, 1.82) is 0 Å². The van der Waals surface area contributed by atoms with Gasteiger partial charge in [-0.1, -0.05) is 47.5 Å². The lowest BCUT2D eigenvalue weighted by Crippen LogP contribution is -2.51. The zero-order valence-electron chi connectivity index (χ0n) is 22.6. The molecule has 3 aromatic rings. The molecule has 0 aromatic heterocycles. The van der Waals surface area contributed by atoms with Crippen LogP contribution in [0.4, 0.5) is 5.69 Å². The van der Waals surface area contributed by atoms with Crippen LogP contribution in [-0.4, -0.2) is 58.5 Å². The molecule has 1 N–H and O–H groups in total. The number of benzene rings is 3. The van der Waals surface area contributed by atoms with Crippen LogP contribution in [0.25, 0.3) is 0 Å². The molecule has 0 aliphatic heterocycles. The molecule has 0 aliphatic carbocycles. The van der Waals surface area contributed by atoms with Crippen molar-refractivity contribution >= 4 is 50.7 Å². The molecule has 9 nitrogen and oxygen atoms in total. The molecular formula is C28H31Cl2N3O6S. The minimum absolute atomic E-state index is 0.0124. The van der Waals surface area contributed by atoms with Crippen molar-refractivity contribution in [1.82, 2.24) is 10.2 Å². The summed E-state index contributed by atoms with van der Waals surface area (Å²) >= 11 is 12.4. The highest BCUT2D eigenvalue weighted by Gasteiger charge is 2.33. The average molecular weight is 609 g/mol. The number of anilines is 1. The Bertz CT molecular complexity index is 1450. The van der Waals surface area contributed by atoms with Crippen LogP contribution >= 0.6 is 23.2 Å². The first-order valence-corrected chi connectivity index (χ1v) is 14.5. The maximum atomic E-state index is 13.9. The summed E-state index contributed by atoms with van der Waals surface area (Å²) in [5.41, 5.74) is 0.712. The minimum atomic E-state index is -4.22. The largest absolute Gasteiger partial charge is 0.493 e. The SMILES string of the molecule is CCNC(=O)[C@H](C)N(Cc1ccc(Cl)cc1Cl)C(=O)CN(c1ccc(OC)c(OC)c1)S(=O)(=O)c1ccccc1. The lowest BCUT2D eigenvalue weighted by Gasteiger charge is -2.32. The zero-order valence-corrected chi connectivity index (χ0v) is 24.9. The van der Waals surface area contributed by atoms with Crippen LogP contribution in [0, 0.1) is 0 Å². The minimum Gasteiger partial charge on any atom is -0.493 e. The topological polar surface area (TPSA) is 105 Å². The molecule has 0 fully saturated rings. The van der Waals surface area contributed by atoms with E-state index in [-0.39, 0.29) is 22.9 Å². The van der Waals surface area contributed by atoms with Gasteiger partial charge in [0.25, 0.3) is 10.0 Å². The van der Waals surface area contributed by atoms with Gasteiger partial charge in [0.2, 0.25) is 11.8 Å². The number of carbonyl (C=O) groups excluding carboxylic acids is 2. The predicted octanol–water partition coefficient (Wildman–Crippen LogP) is 4.76. The number of rotatable bonds is 12. The lowest BCUT2D eigenvalue weighted by atomic mass is 10.1. The Morgan fingerprint density at radius 3 is 2.23 bits per heavy atom. The molecule has 1 atom stereocenters. The van der Waals surface area contributed by atoms with Gasteiger partial charge < -0.3 is 19.7 Å². The van der Waals surface area contributed by atoms with E-state index in [0.29, 0.717) is 27.9 Å². The molecule has 40 heavy (non-hydrogen) atoms. The van der Waals surface area contributed by atoms with Crippen LogP contribution in [0.2, 0.25) is 10.0 Å². The van der Waals surface area contributed by atoms with E-state index >= 15 is 0 Å². The smallest absolute Gasteiger partial charge is 0.264 e. The van der Waals surface area contributed by atoms with Gasteiger partial charge in [-0.05, 0) is 55.8 Å². The molecule has 0 bridgehead atoms. The molecular weight excluding hydrogens is 577 g/mol. The number of carbonyl (C=O) groups is 2. The second-order valence-electron chi connectivity index (χ2n) is 8.69. The van der Waals surface area contributed by atoms with Crippen molar-refractivity contribution in [2.24, 2.45) is 0 Å². The van der Waals surface area contributed by atoms with Crippen LogP contribution in [0.15, 0.2) is 71.6 Å². The summed E-state index contributed by atoms with van der Waals surface area (Å²) < 4.78 is 39.4. The number of hydrogen-bond acceptors (Lipinski definition) is 6. The van der Waals surface area contributed by atoms with E-state index in [1.165, 1.54) is 49.5 Å². The highest BCUT2D eigenvalue weighted by molar-refractivity contribution is 7.92. The molecule has 214 valence electrons. The van der Waals surface area contributed by atoms with Crippen molar-refractivity contribution in [3.63, 3.8) is 0 Å². The quantitative estimate of drug-likeness (QED) is 0.318. The predicted molar refractivity (Wildman–Crippen MR) is 156 cm³/mol. The van der Waals surface area contributed by atoms with E-state index in [0.717, 1.165) is 4.31 Å². The molecule has 0 saturated carbocycles. The molecule has 0 saturated heterocycles. The number of nitrogens with zero attached hydrogens (tertiary/aromatic N) is 2. The van der Waals surface area contributed by atoms with E-state index in [2.05, 4.69) is 5.32 Å². The van der Waals surface area contributed by atoms with Gasteiger partial charge in [-0.25, -0.2) is 8.42 Å². The van der Waals surface area contributed by atoms with Gasteiger partial charge in [0, 0.05) is 29.2 Å². The third-order valence-corrected chi connectivity index (χ3v) is 8.51. The Labute approximate surface area is 244 Å². The van der Waals surface area contributed by atoms with Crippen molar-refractivity contribution in [2.75, 3.05) is 31.6 Å². The van der Waals surface area contributed by atoms with Gasteiger partial charge in [0.1, 0.15) is 12.6 Å². The van der Waals surface area contributed by atoms with Gasteiger partial charge in [-0.2, -0.15) is 0 Å².